The van der Waals surface area contributed by atoms with Crippen molar-refractivity contribution in [2.75, 3.05) is 13.7 Å². The second-order valence-corrected chi connectivity index (χ2v) is 1.62. The molecule has 0 aromatic heterocycles. The molecule has 0 amide bonds. The van der Waals surface area contributed by atoms with Crippen LogP contribution in [0, 0.1) is 0 Å². The fourth-order valence-corrected chi connectivity index (χ4v) is 0.247. The molecule has 0 saturated carbocycles. The summed E-state index contributed by atoms with van der Waals surface area (Å²) in [5.41, 5.74) is 2.82. The van der Waals surface area contributed by atoms with Crippen LogP contribution in [0.2, 0.25) is 0 Å². The van der Waals surface area contributed by atoms with Gasteiger partial charge >= 0.3 is 5.97 Å². The van der Waals surface area contributed by atoms with Gasteiger partial charge in [-0.1, -0.05) is 0 Å². The van der Waals surface area contributed by atoms with Crippen molar-refractivity contribution in [2.24, 2.45) is 5.73 Å². The summed E-state index contributed by atoms with van der Waals surface area (Å²) in [5.74, 6) is -1.15. The molecule has 0 radical (unpaired) electrons. The molecule has 9 heavy (non-hydrogen) atoms. The quantitative estimate of drug-likeness (QED) is 0.471. The van der Waals surface area contributed by atoms with E-state index < -0.39 is 25.0 Å². The van der Waals surface area contributed by atoms with Crippen LogP contribution in [0.25, 0.3) is 0 Å². The second kappa shape index (κ2) is 2.80. The van der Waals surface area contributed by atoms with Crippen LogP contribution < -0.4 is 5.73 Å². The minimum Gasteiger partial charge on any atom is -0.468 e. The van der Waals surface area contributed by atoms with Crippen LogP contribution in [-0.2, 0) is 9.53 Å². The fourth-order valence-electron chi connectivity index (χ4n) is 0.247. The van der Waals surface area contributed by atoms with Gasteiger partial charge in [0.15, 0.2) is 0 Å². The summed E-state index contributed by atoms with van der Waals surface area (Å²) in [6, 6.07) is 0. The van der Waals surface area contributed by atoms with Crippen molar-refractivity contribution in [3.05, 3.63) is 0 Å². The summed E-state index contributed by atoms with van der Waals surface area (Å²) >= 11 is 0. The van der Waals surface area contributed by atoms with Gasteiger partial charge in [0.2, 0.25) is 0 Å². The molecule has 0 aliphatic carbocycles. The standard InChI is InChI=1S/C5H11NO3/c1-5(6,3-7)4(8)9-2/h7H,3,6H2,1-2H3/t5-/m0/s1/i1D3. The molecule has 0 heterocycles. The first-order valence-electron chi connectivity index (χ1n) is 3.77. The molecule has 0 bridgehead atoms. The predicted molar refractivity (Wildman–Crippen MR) is 31.7 cm³/mol. The fraction of sp³-hybridized carbons (Fsp3) is 0.800. The topological polar surface area (TPSA) is 72.5 Å². The molecular weight excluding hydrogens is 122 g/mol. The summed E-state index contributed by atoms with van der Waals surface area (Å²) in [6.45, 7) is -3.75. The Morgan fingerprint density at radius 3 is 2.78 bits per heavy atom. The highest BCUT2D eigenvalue weighted by Crippen LogP contribution is 1.98. The van der Waals surface area contributed by atoms with E-state index in [-0.39, 0.29) is 0 Å². The lowest BCUT2D eigenvalue weighted by Gasteiger charge is -2.17. The second-order valence-electron chi connectivity index (χ2n) is 1.62. The zero-order valence-electron chi connectivity index (χ0n) is 8.05. The first kappa shape index (κ1) is 4.24. The lowest BCUT2D eigenvalue weighted by Crippen LogP contribution is -2.48. The molecular formula is C5H11NO3. The highest BCUT2D eigenvalue weighted by Gasteiger charge is 2.27. The maximum Gasteiger partial charge on any atom is 0.327 e. The number of hydrogen-bond acceptors (Lipinski definition) is 4. The molecule has 0 rings (SSSR count). The Labute approximate surface area is 57.8 Å². The van der Waals surface area contributed by atoms with E-state index in [1.165, 1.54) is 0 Å². The van der Waals surface area contributed by atoms with Crippen LogP contribution >= 0.6 is 0 Å². The molecule has 54 valence electrons. The zero-order valence-corrected chi connectivity index (χ0v) is 5.05. The maximum atomic E-state index is 10.8. The highest BCUT2D eigenvalue weighted by atomic mass is 16.5. The number of nitrogens with two attached hydrogens (primary N) is 1. The van der Waals surface area contributed by atoms with Crippen molar-refractivity contribution in [2.45, 2.75) is 12.4 Å². The number of aliphatic hydroxyl groups excluding tert-OH is 1. The Bertz CT molecular complexity index is 181. The third-order valence-corrected chi connectivity index (χ3v) is 0.799. The van der Waals surface area contributed by atoms with Gasteiger partial charge in [-0.05, 0) is 6.85 Å². The van der Waals surface area contributed by atoms with Gasteiger partial charge in [0.25, 0.3) is 0 Å². The summed E-state index contributed by atoms with van der Waals surface area (Å²) in [7, 11) is 1.01. The van der Waals surface area contributed by atoms with Crippen LogP contribution in [0.5, 0.6) is 0 Å². The van der Waals surface area contributed by atoms with Crippen molar-refractivity contribution in [3.8, 4) is 0 Å². The molecule has 4 heteroatoms. The number of esters is 1. The van der Waals surface area contributed by atoms with E-state index in [9.17, 15) is 4.79 Å². The molecule has 0 aliphatic rings. The summed E-state index contributed by atoms with van der Waals surface area (Å²) in [4.78, 5) is 10.8. The van der Waals surface area contributed by atoms with Gasteiger partial charge < -0.3 is 15.6 Å². The van der Waals surface area contributed by atoms with Crippen molar-refractivity contribution < 1.29 is 18.8 Å². The third kappa shape index (κ3) is 1.99. The van der Waals surface area contributed by atoms with Gasteiger partial charge in [0.05, 0.1) is 13.7 Å². The Hall–Kier alpha value is -0.610. The number of aliphatic hydroxyl groups is 1. The average Bonchev–Trinajstić information content (AvgIpc) is 1.99. The number of methoxy groups -OCH3 is 1. The Kier molecular flexibility index (Phi) is 1.32. The predicted octanol–water partition coefficient (Wildman–Crippen LogP) is -1.13. The van der Waals surface area contributed by atoms with E-state index in [1.807, 2.05) is 0 Å². The highest BCUT2D eigenvalue weighted by molar-refractivity contribution is 5.79. The van der Waals surface area contributed by atoms with E-state index in [4.69, 9.17) is 15.0 Å². The Morgan fingerprint density at radius 1 is 2.11 bits per heavy atom. The van der Waals surface area contributed by atoms with Gasteiger partial charge in [-0.2, -0.15) is 0 Å². The molecule has 3 N–H and O–H groups in total. The van der Waals surface area contributed by atoms with Crippen molar-refractivity contribution in [3.63, 3.8) is 0 Å². The largest absolute Gasteiger partial charge is 0.468 e. The normalized spacial score (nSPS) is 22.8. The maximum absolute atomic E-state index is 10.8. The van der Waals surface area contributed by atoms with Gasteiger partial charge in [-0.3, -0.25) is 0 Å². The monoisotopic (exact) mass is 136 g/mol. The van der Waals surface area contributed by atoms with Crippen LogP contribution in [0.4, 0.5) is 0 Å². The molecule has 0 saturated heterocycles. The number of rotatable bonds is 2. The summed E-state index contributed by atoms with van der Waals surface area (Å²) in [6.07, 6.45) is 0. The van der Waals surface area contributed by atoms with E-state index in [2.05, 4.69) is 4.74 Å². The van der Waals surface area contributed by atoms with Gasteiger partial charge in [0.1, 0.15) is 5.54 Å². The molecule has 0 spiro atoms. The summed E-state index contributed by atoms with van der Waals surface area (Å²) < 4.78 is 24.8. The van der Waals surface area contributed by atoms with E-state index in [1.54, 1.807) is 0 Å². The smallest absolute Gasteiger partial charge is 0.327 e. The van der Waals surface area contributed by atoms with Crippen molar-refractivity contribution in [1.82, 2.24) is 0 Å². The molecule has 0 fully saturated rings. The summed E-state index contributed by atoms with van der Waals surface area (Å²) in [5, 5.41) is 8.64. The van der Waals surface area contributed by atoms with E-state index in [0.717, 1.165) is 7.11 Å². The number of hydrogen-bond donors (Lipinski definition) is 2. The lowest BCUT2D eigenvalue weighted by atomic mass is 10.1. The minimum atomic E-state index is -2.77. The molecule has 4 nitrogen and oxygen atoms in total. The average molecular weight is 136 g/mol. The van der Waals surface area contributed by atoms with Crippen molar-refractivity contribution >= 4 is 5.97 Å². The first-order valence-corrected chi connectivity index (χ1v) is 2.27. The molecule has 0 aliphatic heterocycles. The third-order valence-electron chi connectivity index (χ3n) is 0.799. The van der Waals surface area contributed by atoms with E-state index in [0.29, 0.717) is 0 Å². The molecule has 0 aromatic carbocycles. The Balaban J connectivity index is 4.80. The van der Waals surface area contributed by atoms with Gasteiger partial charge in [-0.25, -0.2) is 4.79 Å². The van der Waals surface area contributed by atoms with Crippen LogP contribution in [0.1, 0.15) is 11.0 Å². The van der Waals surface area contributed by atoms with Gasteiger partial charge in [0, 0.05) is 4.11 Å². The van der Waals surface area contributed by atoms with Crippen LogP contribution in [0.15, 0.2) is 0 Å². The number of carbonyl (C=O) groups excluding carboxylic acids is 1. The lowest BCUT2D eigenvalue weighted by molar-refractivity contribution is -0.147. The molecule has 0 unspecified atom stereocenters. The number of ether oxygens (including phenoxy) is 1. The number of carbonyl (C=O) groups is 1. The molecule has 1 atom stereocenters. The van der Waals surface area contributed by atoms with Crippen molar-refractivity contribution in [1.29, 1.82) is 0 Å². The van der Waals surface area contributed by atoms with Crippen LogP contribution in [-0.4, -0.2) is 30.3 Å². The Morgan fingerprint density at radius 2 is 2.67 bits per heavy atom. The zero-order chi connectivity index (χ0) is 9.99. The molecule has 0 aromatic rings. The first-order chi connectivity index (χ1) is 5.29. The van der Waals surface area contributed by atoms with E-state index >= 15 is 0 Å². The minimum absolute atomic E-state index is 0.976. The van der Waals surface area contributed by atoms with Crippen LogP contribution in [0.3, 0.4) is 0 Å². The SMILES string of the molecule is [2H]C([2H])([2H])[C@](N)(CO)C(=O)OC. The van der Waals surface area contributed by atoms with Gasteiger partial charge in [-0.15, -0.1) is 0 Å².